The van der Waals surface area contributed by atoms with E-state index in [0.29, 0.717) is 0 Å². The Hall–Kier alpha value is -3.43. The summed E-state index contributed by atoms with van der Waals surface area (Å²) < 4.78 is 1.31. The lowest BCUT2D eigenvalue weighted by Crippen LogP contribution is -1.81. The van der Waals surface area contributed by atoms with E-state index in [-0.39, 0.29) is 0 Å². The molecule has 0 aliphatic carbocycles. The second-order valence-electron chi connectivity index (χ2n) is 7.41. The zero-order valence-corrected chi connectivity index (χ0v) is 16.8. The number of aryl methyl sites for hydroxylation is 1. The maximum absolute atomic E-state index is 4.55. The number of aromatic amines is 1. The number of thiophene rings is 1. The smallest absolute Gasteiger partial charge is 0.0804 e. The summed E-state index contributed by atoms with van der Waals surface area (Å²) in [5.74, 6) is 0. The molecule has 3 aromatic heterocycles. The van der Waals surface area contributed by atoms with Crippen LogP contribution in [0.4, 0.5) is 0 Å². The molecule has 0 saturated carbocycles. The van der Waals surface area contributed by atoms with Crippen molar-refractivity contribution in [3.8, 4) is 21.7 Å². The Morgan fingerprint density at radius 2 is 1.48 bits per heavy atom. The normalized spacial score (nSPS) is 11.6. The van der Waals surface area contributed by atoms with Gasteiger partial charge in [0.2, 0.25) is 0 Å². The van der Waals surface area contributed by atoms with Crippen LogP contribution in [0.1, 0.15) is 5.56 Å². The largest absolute Gasteiger partial charge is 0.355 e. The van der Waals surface area contributed by atoms with Gasteiger partial charge in [0.1, 0.15) is 0 Å². The van der Waals surface area contributed by atoms with Crippen LogP contribution in [0.2, 0.25) is 0 Å². The van der Waals surface area contributed by atoms with Crippen molar-refractivity contribution in [3.05, 3.63) is 90.6 Å². The van der Waals surface area contributed by atoms with Gasteiger partial charge >= 0.3 is 0 Å². The van der Waals surface area contributed by atoms with Gasteiger partial charge < -0.3 is 4.98 Å². The minimum absolute atomic E-state index is 1.05. The van der Waals surface area contributed by atoms with Crippen molar-refractivity contribution in [1.82, 2.24) is 9.97 Å². The molecule has 3 aromatic carbocycles. The molecule has 0 radical (unpaired) electrons. The maximum Gasteiger partial charge on any atom is 0.0804 e. The highest BCUT2D eigenvalue weighted by Crippen LogP contribution is 2.39. The molecular formula is C26H18N2S. The van der Waals surface area contributed by atoms with Crippen LogP contribution in [0.15, 0.2) is 85.1 Å². The van der Waals surface area contributed by atoms with Gasteiger partial charge in [0.25, 0.3) is 0 Å². The standard InChI is InChI=1S/C26H18N2S/c1-16-20-14-18(10-12-25(20)29-26(16)24-8-4-5-13-27-24)17-9-11-23-21(15-17)19-6-2-3-7-22(19)28-23/h2-15,28H,1H3. The van der Waals surface area contributed by atoms with E-state index in [0.717, 1.165) is 5.69 Å². The number of pyridine rings is 1. The van der Waals surface area contributed by atoms with Crippen molar-refractivity contribution >= 4 is 43.2 Å². The molecule has 29 heavy (non-hydrogen) atoms. The topological polar surface area (TPSA) is 28.7 Å². The van der Waals surface area contributed by atoms with Gasteiger partial charge in [-0.1, -0.05) is 36.4 Å². The van der Waals surface area contributed by atoms with Gasteiger partial charge in [0, 0.05) is 32.7 Å². The Labute approximate surface area is 172 Å². The monoisotopic (exact) mass is 390 g/mol. The molecule has 6 aromatic rings. The molecule has 0 saturated heterocycles. The maximum atomic E-state index is 4.55. The summed E-state index contributed by atoms with van der Waals surface area (Å²) in [4.78, 5) is 9.32. The van der Waals surface area contributed by atoms with Gasteiger partial charge in [-0.25, -0.2) is 0 Å². The number of hydrogen-bond donors (Lipinski definition) is 1. The molecule has 0 spiro atoms. The zero-order chi connectivity index (χ0) is 19.4. The highest BCUT2D eigenvalue weighted by atomic mass is 32.1. The molecule has 0 bridgehead atoms. The van der Waals surface area contributed by atoms with Gasteiger partial charge in [-0.3, -0.25) is 4.98 Å². The third-order valence-electron chi connectivity index (χ3n) is 5.67. The molecule has 3 heterocycles. The third-order valence-corrected chi connectivity index (χ3v) is 6.97. The first kappa shape index (κ1) is 16.5. The van der Waals surface area contributed by atoms with Crippen molar-refractivity contribution in [2.75, 3.05) is 0 Å². The highest BCUT2D eigenvalue weighted by Gasteiger charge is 2.13. The highest BCUT2D eigenvalue weighted by molar-refractivity contribution is 7.22. The number of hydrogen-bond acceptors (Lipinski definition) is 2. The molecule has 0 atom stereocenters. The predicted molar refractivity (Wildman–Crippen MR) is 125 cm³/mol. The quantitative estimate of drug-likeness (QED) is 0.324. The summed E-state index contributed by atoms with van der Waals surface area (Å²) in [5, 5.41) is 3.86. The van der Waals surface area contributed by atoms with Crippen molar-refractivity contribution in [2.45, 2.75) is 6.92 Å². The molecule has 0 unspecified atom stereocenters. The molecule has 2 nitrogen and oxygen atoms in total. The number of fused-ring (bicyclic) bond motifs is 4. The Morgan fingerprint density at radius 1 is 0.724 bits per heavy atom. The van der Waals surface area contributed by atoms with Crippen LogP contribution in [0.25, 0.3) is 53.6 Å². The SMILES string of the molecule is Cc1c(-c2ccccn2)sc2ccc(-c3ccc4[nH]c5ccccc5c4c3)cc12. The zero-order valence-electron chi connectivity index (χ0n) is 15.9. The fourth-order valence-electron chi connectivity index (χ4n) is 4.17. The second kappa shape index (κ2) is 6.29. The van der Waals surface area contributed by atoms with Crippen LogP contribution < -0.4 is 0 Å². The van der Waals surface area contributed by atoms with Gasteiger partial charge in [0.05, 0.1) is 10.6 Å². The Morgan fingerprint density at radius 3 is 2.34 bits per heavy atom. The summed E-state index contributed by atoms with van der Waals surface area (Å²) in [6, 6.07) is 28.1. The molecule has 0 fully saturated rings. The van der Waals surface area contributed by atoms with Gasteiger partial charge in [-0.05, 0) is 71.5 Å². The van der Waals surface area contributed by atoms with E-state index in [1.54, 1.807) is 0 Å². The average Bonchev–Trinajstić information content (AvgIpc) is 3.31. The molecule has 0 amide bonds. The first-order chi connectivity index (χ1) is 14.3. The summed E-state index contributed by atoms with van der Waals surface area (Å²) in [6.07, 6.45) is 1.86. The van der Waals surface area contributed by atoms with Crippen LogP contribution in [0.3, 0.4) is 0 Å². The second-order valence-corrected chi connectivity index (χ2v) is 8.47. The van der Waals surface area contributed by atoms with Crippen LogP contribution in [0, 0.1) is 6.92 Å². The number of para-hydroxylation sites is 1. The minimum Gasteiger partial charge on any atom is -0.355 e. The lowest BCUT2D eigenvalue weighted by atomic mass is 10.00. The first-order valence-corrected chi connectivity index (χ1v) is 10.5. The van der Waals surface area contributed by atoms with Crippen molar-refractivity contribution in [2.24, 2.45) is 0 Å². The van der Waals surface area contributed by atoms with E-state index in [1.165, 1.54) is 53.5 Å². The summed E-state index contributed by atoms with van der Waals surface area (Å²) >= 11 is 1.82. The molecule has 6 rings (SSSR count). The van der Waals surface area contributed by atoms with Crippen molar-refractivity contribution in [3.63, 3.8) is 0 Å². The summed E-state index contributed by atoms with van der Waals surface area (Å²) in [7, 11) is 0. The average molecular weight is 391 g/mol. The van der Waals surface area contributed by atoms with E-state index in [9.17, 15) is 0 Å². The van der Waals surface area contributed by atoms with Gasteiger partial charge in [-0.2, -0.15) is 0 Å². The van der Waals surface area contributed by atoms with E-state index in [1.807, 2.05) is 29.7 Å². The first-order valence-electron chi connectivity index (χ1n) is 9.73. The van der Waals surface area contributed by atoms with Crippen LogP contribution in [-0.2, 0) is 0 Å². The molecule has 138 valence electrons. The Kier molecular flexibility index (Phi) is 3.58. The lowest BCUT2D eigenvalue weighted by molar-refractivity contribution is 1.33. The van der Waals surface area contributed by atoms with Crippen molar-refractivity contribution in [1.29, 1.82) is 0 Å². The molecule has 1 N–H and O–H groups in total. The minimum atomic E-state index is 1.05. The van der Waals surface area contributed by atoms with E-state index < -0.39 is 0 Å². The fraction of sp³-hybridized carbons (Fsp3) is 0.0385. The Balaban J connectivity index is 1.52. The molecule has 0 aliphatic rings. The number of nitrogens with one attached hydrogen (secondary N) is 1. The lowest BCUT2D eigenvalue weighted by Gasteiger charge is -2.04. The molecule has 3 heteroatoms. The van der Waals surface area contributed by atoms with Crippen molar-refractivity contribution < 1.29 is 0 Å². The van der Waals surface area contributed by atoms with Gasteiger partial charge in [-0.15, -0.1) is 11.3 Å². The van der Waals surface area contributed by atoms with E-state index in [2.05, 4.69) is 83.6 Å². The van der Waals surface area contributed by atoms with Crippen LogP contribution >= 0.6 is 11.3 Å². The number of H-pyrrole nitrogens is 1. The third kappa shape index (κ3) is 2.59. The number of aromatic nitrogens is 2. The number of nitrogens with zero attached hydrogens (tertiary/aromatic N) is 1. The van der Waals surface area contributed by atoms with Crippen LogP contribution in [-0.4, -0.2) is 9.97 Å². The predicted octanol–water partition coefficient (Wildman–Crippen LogP) is 7.57. The van der Waals surface area contributed by atoms with Gasteiger partial charge in [0.15, 0.2) is 0 Å². The molecule has 0 aliphatic heterocycles. The van der Waals surface area contributed by atoms with Crippen LogP contribution in [0.5, 0.6) is 0 Å². The fourth-order valence-corrected chi connectivity index (χ4v) is 5.34. The number of benzene rings is 3. The number of rotatable bonds is 2. The summed E-state index contributed by atoms with van der Waals surface area (Å²) in [6.45, 7) is 2.20. The van der Waals surface area contributed by atoms with E-state index in [4.69, 9.17) is 0 Å². The van der Waals surface area contributed by atoms with E-state index >= 15 is 0 Å². The molecular weight excluding hydrogens is 372 g/mol. The Bertz CT molecular complexity index is 1510. The summed E-state index contributed by atoms with van der Waals surface area (Å²) in [5.41, 5.74) is 7.21.